The molecule has 3 saturated heterocycles. The highest BCUT2D eigenvalue weighted by Crippen LogP contribution is 2.19. The van der Waals surface area contributed by atoms with Gasteiger partial charge in [-0.3, -0.25) is 28.8 Å². The molecule has 40 heavy (non-hydrogen) atoms. The maximum Gasteiger partial charge on any atom is 0.337 e. The summed E-state index contributed by atoms with van der Waals surface area (Å²) in [4.78, 5) is 123. The number of benzene rings is 1. The minimum atomic E-state index is -0.977. The molecule has 0 aromatic heterocycles. The lowest BCUT2D eigenvalue weighted by atomic mass is 10.00. The minimum absolute atomic E-state index is 0.0346. The lowest BCUT2D eigenvalue weighted by molar-refractivity contribution is -0.204. The SMILES string of the molecule is O=C(Cc1cc(CC(=O)ON2C(=O)CCC2=O)cc(CC(=O)ON2C(=O)CCC2=O)c1)ON1C(=O)CCCC1=O. The van der Waals surface area contributed by atoms with E-state index in [-0.39, 0.29) is 55.2 Å². The van der Waals surface area contributed by atoms with Crippen LogP contribution in [0.2, 0.25) is 0 Å². The molecular formula is C25H23N3O12. The molecule has 3 fully saturated rings. The Balaban J connectivity index is 1.49. The van der Waals surface area contributed by atoms with E-state index in [0.29, 0.717) is 21.6 Å². The molecule has 0 saturated carbocycles. The van der Waals surface area contributed by atoms with Crippen LogP contribution in [0, 0.1) is 0 Å². The molecule has 1 aromatic carbocycles. The predicted molar refractivity (Wildman–Crippen MR) is 124 cm³/mol. The van der Waals surface area contributed by atoms with Gasteiger partial charge in [0.15, 0.2) is 0 Å². The first kappa shape index (κ1) is 28.1. The standard InChI is InChI=1S/C25H23N3O12/c29-17-2-1-3-18(30)26(17)38-23(35)11-14-8-15(12-24(36)39-27-19(31)4-5-20(27)32)10-16(9-14)13-25(37)40-28-21(33)6-7-22(28)34/h8-10H,1-7,11-13H2. The minimum Gasteiger partial charge on any atom is -0.330 e. The molecule has 0 spiro atoms. The van der Waals surface area contributed by atoms with Gasteiger partial charge in [0.2, 0.25) is 0 Å². The quantitative estimate of drug-likeness (QED) is 0.355. The Morgan fingerprint density at radius 1 is 0.475 bits per heavy atom. The van der Waals surface area contributed by atoms with E-state index in [9.17, 15) is 43.2 Å². The molecule has 3 aliphatic rings. The van der Waals surface area contributed by atoms with E-state index >= 15 is 0 Å². The van der Waals surface area contributed by atoms with E-state index in [0.717, 1.165) is 0 Å². The van der Waals surface area contributed by atoms with Crippen LogP contribution in [0.5, 0.6) is 0 Å². The number of carbonyl (C=O) groups excluding carboxylic acids is 9. The Morgan fingerprint density at radius 3 is 1.00 bits per heavy atom. The van der Waals surface area contributed by atoms with Crippen molar-refractivity contribution in [2.75, 3.05) is 0 Å². The summed E-state index contributed by atoms with van der Waals surface area (Å²) >= 11 is 0. The third-order valence-corrected chi connectivity index (χ3v) is 5.98. The highest BCUT2D eigenvalue weighted by atomic mass is 16.7. The van der Waals surface area contributed by atoms with Gasteiger partial charge >= 0.3 is 17.9 Å². The number of rotatable bonds is 9. The molecule has 210 valence electrons. The van der Waals surface area contributed by atoms with E-state index in [1.54, 1.807) is 0 Å². The molecule has 3 aliphatic heterocycles. The number of imide groups is 3. The highest BCUT2D eigenvalue weighted by Gasteiger charge is 2.34. The lowest BCUT2D eigenvalue weighted by Gasteiger charge is -2.22. The summed E-state index contributed by atoms with van der Waals surface area (Å²) in [7, 11) is 0. The van der Waals surface area contributed by atoms with Crippen molar-refractivity contribution < 1.29 is 57.7 Å². The number of nitrogens with zero attached hydrogens (tertiary/aromatic N) is 3. The van der Waals surface area contributed by atoms with Crippen LogP contribution in [0.3, 0.4) is 0 Å². The van der Waals surface area contributed by atoms with Gasteiger partial charge in [0.1, 0.15) is 0 Å². The first-order chi connectivity index (χ1) is 19.0. The van der Waals surface area contributed by atoms with Crippen LogP contribution < -0.4 is 0 Å². The van der Waals surface area contributed by atoms with Crippen LogP contribution in [0.15, 0.2) is 18.2 Å². The molecule has 0 aliphatic carbocycles. The van der Waals surface area contributed by atoms with Crippen molar-refractivity contribution in [3.8, 4) is 0 Å². The second kappa shape index (κ2) is 11.8. The van der Waals surface area contributed by atoms with E-state index in [1.165, 1.54) is 18.2 Å². The smallest absolute Gasteiger partial charge is 0.330 e. The van der Waals surface area contributed by atoms with E-state index < -0.39 is 72.6 Å². The molecule has 0 unspecified atom stereocenters. The average molecular weight is 557 g/mol. The number of amides is 6. The van der Waals surface area contributed by atoms with Gasteiger partial charge < -0.3 is 14.5 Å². The van der Waals surface area contributed by atoms with Crippen molar-refractivity contribution >= 4 is 53.4 Å². The number of carbonyl (C=O) groups is 9. The largest absolute Gasteiger partial charge is 0.337 e. The van der Waals surface area contributed by atoms with Crippen molar-refractivity contribution in [2.45, 2.75) is 64.2 Å². The first-order valence-corrected chi connectivity index (χ1v) is 12.3. The molecule has 0 bridgehead atoms. The van der Waals surface area contributed by atoms with Crippen LogP contribution >= 0.6 is 0 Å². The fraction of sp³-hybridized carbons (Fsp3) is 0.400. The van der Waals surface area contributed by atoms with Gasteiger partial charge in [0.05, 0.1) is 19.3 Å². The third kappa shape index (κ3) is 6.73. The van der Waals surface area contributed by atoms with Gasteiger partial charge in [-0.05, 0) is 23.1 Å². The van der Waals surface area contributed by atoms with Crippen LogP contribution in [0.4, 0.5) is 0 Å². The van der Waals surface area contributed by atoms with Crippen LogP contribution in [0.25, 0.3) is 0 Å². The highest BCUT2D eigenvalue weighted by molar-refractivity contribution is 6.02. The predicted octanol–water partition coefficient (Wildman–Crippen LogP) is -0.474. The summed E-state index contributed by atoms with van der Waals surface area (Å²) in [5.74, 6) is -6.96. The molecule has 15 heteroatoms. The third-order valence-electron chi connectivity index (χ3n) is 5.98. The number of hydroxylamine groups is 6. The summed E-state index contributed by atoms with van der Waals surface area (Å²) in [6.07, 6.45) is -1.41. The van der Waals surface area contributed by atoms with Gasteiger partial charge in [0.25, 0.3) is 35.4 Å². The maximum atomic E-state index is 12.5. The number of piperidine rings is 1. The van der Waals surface area contributed by atoms with Gasteiger partial charge in [-0.1, -0.05) is 18.2 Å². The van der Waals surface area contributed by atoms with E-state index in [2.05, 4.69) is 0 Å². The zero-order valence-electron chi connectivity index (χ0n) is 21.0. The summed E-state index contributed by atoms with van der Waals surface area (Å²) in [6.45, 7) is 0. The van der Waals surface area contributed by atoms with Crippen LogP contribution in [-0.4, -0.2) is 68.5 Å². The Labute approximate surface area is 225 Å². The molecule has 0 atom stereocenters. The molecule has 4 rings (SSSR count). The first-order valence-electron chi connectivity index (χ1n) is 12.3. The zero-order chi connectivity index (χ0) is 29.0. The molecule has 0 radical (unpaired) electrons. The molecular weight excluding hydrogens is 534 g/mol. The topological polar surface area (TPSA) is 191 Å². The van der Waals surface area contributed by atoms with Crippen molar-refractivity contribution in [3.63, 3.8) is 0 Å². The van der Waals surface area contributed by atoms with Gasteiger partial charge in [-0.2, -0.15) is 0 Å². The fourth-order valence-electron chi connectivity index (χ4n) is 4.20. The monoisotopic (exact) mass is 557 g/mol. The summed E-state index contributed by atoms with van der Waals surface area (Å²) in [5.41, 5.74) is 0.614. The second-order valence-electron chi connectivity index (χ2n) is 9.18. The number of hydrogen-bond acceptors (Lipinski definition) is 12. The summed E-state index contributed by atoms with van der Waals surface area (Å²) < 4.78 is 0. The lowest BCUT2D eigenvalue weighted by Crippen LogP contribution is -2.41. The Morgan fingerprint density at radius 2 is 0.725 bits per heavy atom. The van der Waals surface area contributed by atoms with Crippen molar-refractivity contribution in [3.05, 3.63) is 34.9 Å². The van der Waals surface area contributed by atoms with Crippen molar-refractivity contribution in [2.24, 2.45) is 0 Å². The van der Waals surface area contributed by atoms with Crippen LogP contribution in [-0.2, 0) is 76.9 Å². The molecule has 15 nitrogen and oxygen atoms in total. The molecule has 1 aromatic rings. The summed E-state index contributed by atoms with van der Waals surface area (Å²) in [6, 6.07) is 4.16. The van der Waals surface area contributed by atoms with Crippen molar-refractivity contribution in [1.82, 2.24) is 15.2 Å². The van der Waals surface area contributed by atoms with Gasteiger partial charge in [-0.25, -0.2) is 14.4 Å². The Bertz CT molecular complexity index is 1220. The fourth-order valence-corrected chi connectivity index (χ4v) is 4.20. The molecule has 0 N–H and O–H groups in total. The molecule has 3 heterocycles. The summed E-state index contributed by atoms with van der Waals surface area (Å²) in [5, 5.41) is 1.15. The van der Waals surface area contributed by atoms with Gasteiger partial charge in [0, 0.05) is 38.5 Å². The Kier molecular flexibility index (Phi) is 8.31. The second-order valence-corrected chi connectivity index (χ2v) is 9.18. The average Bonchev–Trinajstić information content (AvgIpc) is 3.36. The van der Waals surface area contributed by atoms with Gasteiger partial charge in [-0.15, -0.1) is 15.2 Å². The zero-order valence-corrected chi connectivity index (χ0v) is 21.0. The van der Waals surface area contributed by atoms with Crippen molar-refractivity contribution in [1.29, 1.82) is 0 Å². The Hall–Kier alpha value is -4.95. The normalized spacial score (nSPS) is 17.6. The van der Waals surface area contributed by atoms with Crippen LogP contribution in [0.1, 0.15) is 61.6 Å². The van der Waals surface area contributed by atoms with E-state index in [4.69, 9.17) is 14.5 Å². The number of hydrogen-bond donors (Lipinski definition) is 0. The molecule has 6 amide bonds. The van der Waals surface area contributed by atoms with E-state index in [1.807, 2.05) is 0 Å². The maximum absolute atomic E-state index is 12.5.